The van der Waals surface area contributed by atoms with Crippen LogP contribution in [0.5, 0.6) is 11.6 Å². The van der Waals surface area contributed by atoms with E-state index in [1.807, 2.05) is 0 Å². The highest BCUT2D eigenvalue weighted by Crippen LogP contribution is 2.38. The lowest BCUT2D eigenvalue weighted by Gasteiger charge is -2.29. The lowest BCUT2D eigenvalue weighted by molar-refractivity contribution is -0.125. The molecule has 9 heteroatoms. The van der Waals surface area contributed by atoms with Gasteiger partial charge in [0.1, 0.15) is 5.82 Å². The highest BCUT2D eigenvalue weighted by molar-refractivity contribution is 6.08. The second-order valence-corrected chi connectivity index (χ2v) is 6.02. The van der Waals surface area contributed by atoms with Crippen LogP contribution in [0.3, 0.4) is 0 Å². The molecule has 2 heterocycles. The molecule has 1 aromatic heterocycles. The zero-order valence-corrected chi connectivity index (χ0v) is 13.9. The Bertz CT molecular complexity index is 1090. The number of nitrogens with one attached hydrogen (secondary N) is 2. The summed E-state index contributed by atoms with van der Waals surface area (Å²) in [6.07, 6.45) is 1.38. The van der Waals surface area contributed by atoms with Crippen molar-refractivity contribution in [2.45, 2.75) is 5.66 Å². The monoisotopic (exact) mass is 373 g/mol. The number of ether oxygens (including phenoxy) is 1. The minimum atomic E-state index is -1.86. The third kappa shape index (κ3) is 2.31. The first kappa shape index (κ1) is 16.8. The lowest BCUT2D eigenvalue weighted by Crippen LogP contribution is -2.49. The zero-order chi connectivity index (χ0) is 19.3. The Morgan fingerprint density at radius 3 is 2.44 bits per heavy atom. The SMILES string of the molecule is COc1cc2cn(C3(c4ccc(F)cc4)NC(=O)NC3=O)c(O)c2cc1F. The van der Waals surface area contributed by atoms with E-state index in [9.17, 15) is 23.5 Å². The standard InChI is InChI=1S/C18H13F2N3O4/c1-27-14-6-9-8-23(15(24)12(9)7-13(14)20)18(16(25)21-17(26)22-18)10-2-4-11(19)5-3-10/h2-8,24H,1H3,(H2,21,22,25,26). The van der Waals surface area contributed by atoms with E-state index in [4.69, 9.17) is 4.74 Å². The number of carbonyl (C=O) groups is 2. The molecular weight excluding hydrogens is 360 g/mol. The number of carbonyl (C=O) groups excluding carboxylic acids is 2. The van der Waals surface area contributed by atoms with E-state index in [-0.39, 0.29) is 16.7 Å². The Kier molecular flexibility index (Phi) is 3.55. The van der Waals surface area contributed by atoms with Gasteiger partial charge in [0.25, 0.3) is 5.91 Å². The van der Waals surface area contributed by atoms with Crippen molar-refractivity contribution in [2.24, 2.45) is 0 Å². The Morgan fingerprint density at radius 1 is 1.15 bits per heavy atom. The van der Waals surface area contributed by atoms with Crippen LogP contribution in [0.2, 0.25) is 0 Å². The second kappa shape index (κ2) is 5.70. The number of methoxy groups -OCH3 is 1. The number of hydrogen-bond donors (Lipinski definition) is 3. The number of aromatic nitrogens is 1. The van der Waals surface area contributed by atoms with Gasteiger partial charge in [0.15, 0.2) is 11.6 Å². The molecule has 0 aliphatic carbocycles. The van der Waals surface area contributed by atoms with E-state index in [1.165, 1.54) is 31.5 Å². The molecule has 1 unspecified atom stereocenters. The molecule has 1 saturated heterocycles. The summed E-state index contributed by atoms with van der Waals surface area (Å²) >= 11 is 0. The third-order valence-electron chi connectivity index (χ3n) is 4.53. The maximum Gasteiger partial charge on any atom is 0.324 e. The fraction of sp³-hybridized carbons (Fsp3) is 0.111. The molecule has 27 heavy (non-hydrogen) atoms. The van der Waals surface area contributed by atoms with Gasteiger partial charge in [-0.05, 0) is 24.3 Å². The van der Waals surface area contributed by atoms with Gasteiger partial charge in [0.05, 0.1) is 7.11 Å². The van der Waals surface area contributed by atoms with Gasteiger partial charge in [0, 0.05) is 22.5 Å². The molecular formula is C18H13F2N3O4. The molecule has 2 aromatic carbocycles. The molecule has 0 spiro atoms. The number of imide groups is 1. The van der Waals surface area contributed by atoms with Crippen LogP contribution in [0.25, 0.3) is 10.8 Å². The van der Waals surface area contributed by atoms with Crippen LogP contribution in [0.1, 0.15) is 5.56 Å². The van der Waals surface area contributed by atoms with Gasteiger partial charge in [0.2, 0.25) is 11.5 Å². The first-order valence-electron chi connectivity index (χ1n) is 7.84. The highest BCUT2D eigenvalue weighted by atomic mass is 19.1. The van der Waals surface area contributed by atoms with Crippen molar-refractivity contribution in [3.8, 4) is 11.6 Å². The summed E-state index contributed by atoms with van der Waals surface area (Å²) in [6.45, 7) is 0. The molecule has 0 radical (unpaired) electrons. The van der Waals surface area contributed by atoms with E-state index in [1.54, 1.807) is 0 Å². The lowest BCUT2D eigenvalue weighted by atomic mass is 9.99. The Labute approximate surface area is 151 Å². The van der Waals surface area contributed by atoms with Crippen LogP contribution in [-0.2, 0) is 10.5 Å². The summed E-state index contributed by atoms with van der Waals surface area (Å²) in [5.41, 5.74) is -1.66. The fourth-order valence-electron chi connectivity index (χ4n) is 3.26. The van der Waals surface area contributed by atoms with Crippen LogP contribution in [0, 0.1) is 11.6 Å². The first-order valence-corrected chi connectivity index (χ1v) is 7.84. The van der Waals surface area contributed by atoms with Gasteiger partial charge in [-0.1, -0.05) is 12.1 Å². The number of amides is 3. The molecule has 1 aliphatic rings. The first-order chi connectivity index (χ1) is 12.9. The largest absolute Gasteiger partial charge is 0.494 e. The topological polar surface area (TPSA) is 92.6 Å². The Balaban J connectivity index is 2.01. The van der Waals surface area contributed by atoms with E-state index in [0.29, 0.717) is 5.39 Å². The van der Waals surface area contributed by atoms with Crippen molar-refractivity contribution in [2.75, 3.05) is 7.11 Å². The van der Waals surface area contributed by atoms with Crippen LogP contribution in [0.15, 0.2) is 42.6 Å². The number of urea groups is 1. The number of hydrogen-bond acceptors (Lipinski definition) is 4. The second-order valence-electron chi connectivity index (χ2n) is 6.02. The fourth-order valence-corrected chi connectivity index (χ4v) is 3.26. The summed E-state index contributed by atoms with van der Waals surface area (Å²) in [6, 6.07) is 6.50. The van der Waals surface area contributed by atoms with Crippen molar-refractivity contribution in [3.05, 3.63) is 59.8 Å². The molecule has 1 atom stereocenters. The summed E-state index contributed by atoms with van der Waals surface area (Å²) < 4.78 is 33.4. The summed E-state index contributed by atoms with van der Waals surface area (Å²) in [4.78, 5) is 24.6. The minimum absolute atomic E-state index is 0.0459. The zero-order valence-electron chi connectivity index (χ0n) is 13.9. The van der Waals surface area contributed by atoms with Crippen molar-refractivity contribution < 1.29 is 28.2 Å². The van der Waals surface area contributed by atoms with Crippen molar-refractivity contribution in [3.63, 3.8) is 0 Å². The molecule has 3 amide bonds. The predicted octanol–water partition coefficient (Wildman–Crippen LogP) is 2.17. The van der Waals surface area contributed by atoms with Crippen molar-refractivity contribution >= 4 is 22.7 Å². The summed E-state index contributed by atoms with van der Waals surface area (Å²) in [7, 11) is 1.30. The van der Waals surface area contributed by atoms with Crippen molar-refractivity contribution in [1.82, 2.24) is 15.2 Å². The minimum Gasteiger partial charge on any atom is -0.494 e. The van der Waals surface area contributed by atoms with Gasteiger partial charge < -0.3 is 15.2 Å². The molecule has 3 aromatic rings. The summed E-state index contributed by atoms with van der Waals surface area (Å²) in [5, 5.41) is 15.7. The highest BCUT2D eigenvalue weighted by Gasteiger charge is 2.51. The van der Waals surface area contributed by atoms with Crippen molar-refractivity contribution in [1.29, 1.82) is 0 Å². The van der Waals surface area contributed by atoms with Crippen LogP contribution in [0.4, 0.5) is 13.6 Å². The molecule has 1 fully saturated rings. The average molecular weight is 373 g/mol. The third-order valence-corrected chi connectivity index (χ3v) is 4.53. The molecule has 3 N–H and O–H groups in total. The van der Waals surface area contributed by atoms with Crippen LogP contribution in [-0.4, -0.2) is 28.7 Å². The number of fused-ring (bicyclic) bond motifs is 1. The molecule has 4 rings (SSSR count). The number of aromatic hydroxyl groups is 1. The maximum absolute atomic E-state index is 14.1. The smallest absolute Gasteiger partial charge is 0.324 e. The van der Waals surface area contributed by atoms with Gasteiger partial charge in [-0.2, -0.15) is 0 Å². The Hall–Kier alpha value is -3.62. The molecule has 138 valence electrons. The predicted molar refractivity (Wildman–Crippen MR) is 90.3 cm³/mol. The molecule has 0 bridgehead atoms. The number of rotatable bonds is 3. The number of halogens is 2. The average Bonchev–Trinajstić information content (AvgIpc) is 3.12. The van der Waals surface area contributed by atoms with Gasteiger partial charge in [-0.25, -0.2) is 13.6 Å². The van der Waals surface area contributed by atoms with E-state index >= 15 is 0 Å². The van der Waals surface area contributed by atoms with Gasteiger partial charge in [-0.15, -0.1) is 0 Å². The van der Waals surface area contributed by atoms with Gasteiger partial charge in [-0.3, -0.25) is 14.7 Å². The number of nitrogens with zero attached hydrogens (tertiary/aromatic N) is 1. The molecule has 7 nitrogen and oxygen atoms in total. The summed E-state index contributed by atoms with van der Waals surface area (Å²) in [5.74, 6) is -2.51. The quantitative estimate of drug-likeness (QED) is 0.614. The van der Waals surface area contributed by atoms with E-state index < -0.39 is 35.1 Å². The molecule has 1 aliphatic heterocycles. The normalized spacial score (nSPS) is 19.2. The van der Waals surface area contributed by atoms with Crippen LogP contribution < -0.4 is 15.4 Å². The number of benzene rings is 2. The Morgan fingerprint density at radius 2 is 1.85 bits per heavy atom. The maximum atomic E-state index is 14.1. The van der Waals surface area contributed by atoms with E-state index in [2.05, 4.69) is 10.6 Å². The molecule has 0 saturated carbocycles. The van der Waals surface area contributed by atoms with Crippen LogP contribution >= 0.6 is 0 Å². The van der Waals surface area contributed by atoms with E-state index in [0.717, 1.165) is 22.8 Å². The van der Waals surface area contributed by atoms with Gasteiger partial charge >= 0.3 is 6.03 Å².